The lowest BCUT2D eigenvalue weighted by Crippen LogP contribution is -2.43. The standard InChI is InChI=1S/C22H29N3O3/c26-20-8-4-7-19(15-20)21(27)16-24-22(28)23-11-14-25-12-9-18(10-13-25)17-5-2-1-3-6-17/h1-8,15,18,21,26-27H,9-14,16H2,(H2,23,24,28)/t21-/m0/s1. The van der Waals surface area contributed by atoms with Crippen molar-refractivity contribution in [1.29, 1.82) is 0 Å². The fraction of sp³-hybridized carbons (Fsp3) is 0.409. The molecule has 2 amide bonds. The number of aromatic hydroxyl groups is 1. The maximum Gasteiger partial charge on any atom is 0.314 e. The fourth-order valence-electron chi connectivity index (χ4n) is 3.64. The number of carbonyl (C=O) groups excluding carboxylic acids is 1. The maximum atomic E-state index is 11.9. The van der Waals surface area contributed by atoms with Crippen molar-refractivity contribution in [2.75, 3.05) is 32.7 Å². The third kappa shape index (κ3) is 5.97. The monoisotopic (exact) mass is 383 g/mol. The molecule has 1 aliphatic heterocycles. The van der Waals surface area contributed by atoms with Gasteiger partial charge >= 0.3 is 6.03 Å². The molecule has 2 aromatic rings. The first-order valence-corrected chi connectivity index (χ1v) is 9.88. The summed E-state index contributed by atoms with van der Waals surface area (Å²) >= 11 is 0. The number of rotatable bonds is 7. The molecule has 6 heteroatoms. The summed E-state index contributed by atoms with van der Waals surface area (Å²) in [4.78, 5) is 14.3. The van der Waals surface area contributed by atoms with Gasteiger partial charge < -0.3 is 25.7 Å². The molecule has 1 atom stereocenters. The van der Waals surface area contributed by atoms with Crippen molar-refractivity contribution in [2.45, 2.75) is 24.9 Å². The van der Waals surface area contributed by atoms with Crippen LogP contribution in [0.1, 0.15) is 36.0 Å². The second-order valence-corrected chi connectivity index (χ2v) is 7.27. The zero-order valence-electron chi connectivity index (χ0n) is 16.1. The number of phenolic OH excluding ortho intramolecular Hbond substituents is 1. The van der Waals surface area contributed by atoms with Crippen molar-refractivity contribution in [3.8, 4) is 5.75 Å². The molecule has 0 unspecified atom stereocenters. The number of benzene rings is 2. The molecule has 28 heavy (non-hydrogen) atoms. The van der Waals surface area contributed by atoms with Crippen molar-refractivity contribution in [3.63, 3.8) is 0 Å². The van der Waals surface area contributed by atoms with Gasteiger partial charge in [-0.1, -0.05) is 42.5 Å². The number of aliphatic hydroxyl groups excluding tert-OH is 1. The Balaban J connectivity index is 1.30. The van der Waals surface area contributed by atoms with E-state index in [0.29, 0.717) is 18.0 Å². The van der Waals surface area contributed by atoms with E-state index in [2.05, 4.69) is 45.9 Å². The van der Waals surface area contributed by atoms with Crippen molar-refractivity contribution in [2.24, 2.45) is 0 Å². The van der Waals surface area contributed by atoms with Gasteiger partial charge in [0.25, 0.3) is 0 Å². The second kappa shape index (κ2) is 10.1. The highest BCUT2D eigenvalue weighted by molar-refractivity contribution is 5.73. The third-order valence-corrected chi connectivity index (χ3v) is 5.28. The molecule has 0 spiro atoms. The highest BCUT2D eigenvalue weighted by Gasteiger charge is 2.20. The number of hydrogen-bond donors (Lipinski definition) is 4. The number of piperidine rings is 1. The summed E-state index contributed by atoms with van der Waals surface area (Å²) in [5, 5.41) is 25.0. The van der Waals surface area contributed by atoms with Crippen LogP contribution in [-0.2, 0) is 0 Å². The van der Waals surface area contributed by atoms with Gasteiger partial charge in [0.05, 0.1) is 6.10 Å². The number of amides is 2. The largest absolute Gasteiger partial charge is 0.508 e. The molecule has 0 aliphatic carbocycles. The zero-order chi connectivity index (χ0) is 19.8. The minimum atomic E-state index is -0.852. The van der Waals surface area contributed by atoms with Crippen LogP contribution in [0.25, 0.3) is 0 Å². The summed E-state index contributed by atoms with van der Waals surface area (Å²) in [5.74, 6) is 0.727. The Morgan fingerprint density at radius 1 is 1.07 bits per heavy atom. The van der Waals surface area contributed by atoms with Crippen LogP contribution < -0.4 is 10.6 Å². The van der Waals surface area contributed by atoms with Crippen LogP contribution in [0.15, 0.2) is 54.6 Å². The number of phenols is 1. The van der Waals surface area contributed by atoms with E-state index in [-0.39, 0.29) is 18.3 Å². The number of hydrogen-bond acceptors (Lipinski definition) is 4. The maximum absolute atomic E-state index is 11.9. The lowest BCUT2D eigenvalue weighted by molar-refractivity contribution is 0.172. The Labute approximate surface area is 166 Å². The van der Waals surface area contributed by atoms with Crippen LogP contribution in [0.3, 0.4) is 0 Å². The summed E-state index contributed by atoms with van der Waals surface area (Å²) in [6.07, 6.45) is 1.44. The summed E-state index contributed by atoms with van der Waals surface area (Å²) < 4.78 is 0. The molecule has 1 aliphatic rings. The van der Waals surface area contributed by atoms with Crippen molar-refractivity contribution >= 4 is 6.03 Å². The SMILES string of the molecule is O=C(NCCN1CCC(c2ccccc2)CC1)NC[C@H](O)c1cccc(O)c1. The molecular formula is C22H29N3O3. The molecule has 6 nitrogen and oxygen atoms in total. The third-order valence-electron chi connectivity index (χ3n) is 5.28. The van der Waals surface area contributed by atoms with E-state index < -0.39 is 6.10 Å². The fourth-order valence-corrected chi connectivity index (χ4v) is 3.64. The Kier molecular flexibility index (Phi) is 7.28. The van der Waals surface area contributed by atoms with Gasteiger partial charge in [0.1, 0.15) is 5.75 Å². The van der Waals surface area contributed by atoms with Crippen molar-refractivity contribution in [1.82, 2.24) is 15.5 Å². The van der Waals surface area contributed by atoms with E-state index >= 15 is 0 Å². The van der Waals surface area contributed by atoms with Crippen LogP contribution in [0.4, 0.5) is 4.79 Å². The van der Waals surface area contributed by atoms with Gasteiger partial charge in [-0.05, 0) is 55.1 Å². The predicted octanol–water partition coefficient (Wildman–Crippen LogP) is 2.60. The Morgan fingerprint density at radius 2 is 1.82 bits per heavy atom. The minimum Gasteiger partial charge on any atom is -0.508 e. The lowest BCUT2D eigenvalue weighted by atomic mass is 9.89. The Morgan fingerprint density at radius 3 is 2.54 bits per heavy atom. The quantitative estimate of drug-likeness (QED) is 0.592. The van der Waals surface area contributed by atoms with Gasteiger partial charge in [-0.2, -0.15) is 0 Å². The Bertz CT molecular complexity index is 746. The highest BCUT2D eigenvalue weighted by atomic mass is 16.3. The van der Waals surface area contributed by atoms with Crippen LogP contribution in [0, 0.1) is 0 Å². The first kappa shape index (κ1) is 20.2. The first-order valence-electron chi connectivity index (χ1n) is 9.88. The number of carbonyl (C=O) groups is 1. The summed E-state index contributed by atoms with van der Waals surface area (Å²) in [7, 11) is 0. The van der Waals surface area contributed by atoms with E-state index in [1.165, 1.54) is 11.6 Å². The van der Waals surface area contributed by atoms with Gasteiger partial charge in [0.15, 0.2) is 0 Å². The van der Waals surface area contributed by atoms with Crippen LogP contribution in [0.2, 0.25) is 0 Å². The number of nitrogens with zero attached hydrogens (tertiary/aromatic N) is 1. The van der Waals surface area contributed by atoms with Crippen molar-refractivity contribution < 1.29 is 15.0 Å². The predicted molar refractivity (Wildman–Crippen MR) is 109 cm³/mol. The molecule has 4 N–H and O–H groups in total. The lowest BCUT2D eigenvalue weighted by Gasteiger charge is -2.32. The molecular weight excluding hydrogens is 354 g/mol. The van der Waals surface area contributed by atoms with E-state index in [9.17, 15) is 15.0 Å². The molecule has 150 valence electrons. The smallest absolute Gasteiger partial charge is 0.314 e. The molecule has 3 rings (SSSR count). The van der Waals surface area contributed by atoms with Crippen LogP contribution >= 0.6 is 0 Å². The van der Waals surface area contributed by atoms with E-state index in [4.69, 9.17) is 0 Å². The van der Waals surface area contributed by atoms with Gasteiger partial charge in [0, 0.05) is 19.6 Å². The molecule has 1 saturated heterocycles. The number of aliphatic hydroxyl groups is 1. The molecule has 1 fully saturated rings. The van der Waals surface area contributed by atoms with E-state index in [1.807, 2.05) is 0 Å². The van der Waals surface area contributed by atoms with Crippen LogP contribution in [-0.4, -0.2) is 53.9 Å². The van der Waals surface area contributed by atoms with Crippen molar-refractivity contribution in [3.05, 3.63) is 65.7 Å². The van der Waals surface area contributed by atoms with E-state index in [0.717, 1.165) is 32.5 Å². The Hall–Kier alpha value is -2.57. The topological polar surface area (TPSA) is 84.8 Å². The summed E-state index contributed by atoms with van der Waals surface area (Å²) in [6, 6.07) is 16.8. The normalized spacial score (nSPS) is 16.5. The van der Waals surface area contributed by atoms with Gasteiger partial charge in [-0.3, -0.25) is 0 Å². The van der Waals surface area contributed by atoms with Gasteiger partial charge in [-0.25, -0.2) is 4.79 Å². The van der Waals surface area contributed by atoms with Gasteiger partial charge in [-0.15, -0.1) is 0 Å². The second-order valence-electron chi connectivity index (χ2n) is 7.27. The molecule has 2 aromatic carbocycles. The zero-order valence-corrected chi connectivity index (χ0v) is 16.1. The molecule has 0 saturated carbocycles. The first-order chi connectivity index (χ1) is 13.6. The number of nitrogens with one attached hydrogen (secondary N) is 2. The molecule has 0 aromatic heterocycles. The van der Waals surface area contributed by atoms with E-state index in [1.54, 1.807) is 18.2 Å². The molecule has 1 heterocycles. The number of urea groups is 1. The molecule has 0 radical (unpaired) electrons. The molecule has 0 bridgehead atoms. The number of likely N-dealkylation sites (tertiary alicyclic amines) is 1. The van der Waals surface area contributed by atoms with Gasteiger partial charge in [0.2, 0.25) is 0 Å². The minimum absolute atomic E-state index is 0.0945. The summed E-state index contributed by atoms with van der Waals surface area (Å²) in [6.45, 7) is 3.57. The summed E-state index contributed by atoms with van der Waals surface area (Å²) in [5.41, 5.74) is 1.99. The average Bonchev–Trinajstić information content (AvgIpc) is 2.73. The average molecular weight is 383 g/mol. The highest BCUT2D eigenvalue weighted by Crippen LogP contribution is 2.27. The van der Waals surface area contributed by atoms with Crippen LogP contribution in [0.5, 0.6) is 5.75 Å².